The number of aryl methyl sites for hydroxylation is 1. The smallest absolute Gasteiger partial charge is 0.129 e. The van der Waals surface area contributed by atoms with Gasteiger partial charge in [0.2, 0.25) is 0 Å². The van der Waals surface area contributed by atoms with E-state index in [1.165, 1.54) is 32.1 Å². The minimum atomic E-state index is 0.555. The zero-order valence-electron chi connectivity index (χ0n) is 10.7. The van der Waals surface area contributed by atoms with Crippen molar-refractivity contribution in [1.82, 2.24) is 9.97 Å². The number of anilines is 1. The summed E-state index contributed by atoms with van der Waals surface area (Å²) in [6, 6.07) is 2.56. The van der Waals surface area contributed by atoms with Gasteiger partial charge in [-0.2, -0.15) is 0 Å². The van der Waals surface area contributed by atoms with Crippen LogP contribution >= 0.6 is 0 Å². The Kier molecular flexibility index (Phi) is 5.83. The molecule has 0 spiro atoms. The molecule has 1 N–H and O–H groups in total. The van der Waals surface area contributed by atoms with Crippen LogP contribution in [0.1, 0.15) is 51.6 Å². The summed E-state index contributed by atoms with van der Waals surface area (Å²) in [7, 11) is 0. The van der Waals surface area contributed by atoms with E-state index in [4.69, 9.17) is 0 Å². The van der Waals surface area contributed by atoms with Gasteiger partial charge in [-0.05, 0) is 19.8 Å². The molecule has 0 saturated heterocycles. The molecule has 3 nitrogen and oxygen atoms in total. The lowest BCUT2D eigenvalue weighted by Gasteiger charge is -2.18. The minimum absolute atomic E-state index is 0.555. The van der Waals surface area contributed by atoms with Gasteiger partial charge in [0.1, 0.15) is 12.1 Å². The van der Waals surface area contributed by atoms with E-state index in [-0.39, 0.29) is 0 Å². The number of unbranched alkanes of at least 4 members (excludes halogenated alkanes) is 1. The predicted octanol–water partition coefficient (Wildman–Crippen LogP) is 3.56. The van der Waals surface area contributed by atoms with Gasteiger partial charge in [0.05, 0.1) is 0 Å². The van der Waals surface area contributed by atoms with Crippen LogP contribution in [0.3, 0.4) is 0 Å². The van der Waals surface area contributed by atoms with Crippen LogP contribution in [0.4, 0.5) is 5.82 Å². The van der Waals surface area contributed by atoms with Crippen molar-refractivity contribution < 1.29 is 0 Å². The molecule has 0 aliphatic heterocycles. The first-order chi connectivity index (χ1) is 7.76. The molecule has 0 bridgehead atoms. The van der Waals surface area contributed by atoms with E-state index in [2.05, 4.69) is 29.1 Å². The molecule has 16 heavy (non-hydrogen) atoms. The average Bonchev–Trinajstić information content (AvgIpc) is 2.26. The Hall–Kier alpha value is -1.12. The Morgan fingerprint density at radius 1 is 1.19 bits per heavy atom. The molecule has 0 radical (unpaired) electrons. The molecule has 0 aliphatic carbocycles. The van der Waals surface area contributed by atoms with E-state index in [1.807, 2.05) is 13.0 Å². The van der Waals surface area contributed by atoms with E-state index >= 15 is 0 Å². The molecule has 1 aromatic rings. The summed E-state index contributed by atoms with van der Waals surface area (Å²) in [5.41, 5.74) is 1.02. The van der Waals surface area contributed by atoms with Gasteiger partial charge in [0.15, 0.2) is 0 Å². The summed E-state index contributed by atoms with van der Waals surface area (Å²) in [5.74, 6) is 0.960. The van der Waals surface area contributed by atoms with Crippen LogP contribution < -0.4 is 5.32 Å². The van der Waals surface area contributed by atoms with Crippen molar-refractivity contribution in [2.45, 2.75) is 58.9 Å². The fourth-order valence-corrected chi connectivity index (χ4v) is 1.83. The maximum Gasteiger partial charge on any atom is 0.129 e. The molecular formula is C13H23N3. The fourth-order valence-electron chi connectivity index (χ4n) is 1.83. The van der Waals surface area contributed by atoms with Crippen LogP contribution in [-0.4, -0.2) is 16.0 Å². The van der Waals surface area contributed by atoms with Crippen molar-refractivity contribution in [2.75, 3.05) is 5.32 Å². The summed E-state index contributed by atoms with van der Waals surface area (Å²) in [6.45, 7) is 6.46. The first-order valence-electron chi connectivity index (χ1n) is 6.31. The summed E-state index contributed by atoms with van der Waals surface area (Å²) >= 11 is 0. The number of aromatic nitrogens is 2. The topological polar surface area (TPSA) is 37.8 Å². The summed E-state index contributed by atoms with van der Waals surface area (Å²) in [5, 5.41) is 3.50. The standard InChI is InChI=1S/C13H23N3/c1-4-6-8-12(7-5-2)16-13-9-11(3)14-10-15-13/h9-10,12H,4-8H2,1-3H3,(H,14,15,16). The molecule has 3 heteroatoms. The molecule has 1 unspecified atom stereocenters. The van der Waals surface area contributed by atoms with Crippen LogP contribution in [0.2, 0.25) is 0 Å². The van der Waals surface area contributed by atoms with Crippen LogP contribution in [-0.2, 0) is 0 Å². The van der Waals surface area contributed by atoms with Crippen molar-refractivity contribution in [2.24, 2.45) is 0 Å². The van der Waals surface area contributed by atoms with Crippen LogP contribution in [0, 0.1) is 6.92 Å². The van der Waals surface area contributed by atoms with E-state index in [1.54, 1.807) is 6.33 Å². The quantitative estimate of drug-likeness (QED) is 0.765. The van der Waals surface area contributed by atoms with Gasteiger partial charge >= 0.3 is 0 Å². The van der Waals surface area contributed by atoms with Gasteiger partial charge in [-0.15, -0.1) is 0 Å². The molecule has 0 fully saturated rings. The lowest BCUT2D eigenvalue weighted by molar-refractivity contribution is 0.562. The normalized spacial score (nSPS) is 12.4. The fraction of sp³-hybridized carbons (Fsp3) is 0.692. The number of nitrogens with one attached hydrogen (secondary N) is 1. The highest BCUT2D eigenvalue weighted by Crippen LogP contribution is 2.13. The van der Waals surface area contributed by atoms with Crippen LogP contribution in [0.5, 0.6) is 0 Å². The third-order valence-electron chi connectivity index (χ3n) is 2.70. The first kappa shape index (κ1) is 12.9. The molecule has 0 amide bonds. The first-order valence-corrected chi connectivity index (χ1v) is 6.31. The lowest BCUT2D eigenvalue weighted by atomic mass is 10.1. The molecule has 0 aliphatic rings. The van der Waals surface area contributed by atoms with Gasteiger partial charge in [-0.1, -0.05) is 33.1 Å². The Morgan fingerprint density at radius 3 is 2.62 bits per heavy atom. The van der Waals surface area contributed by atoms with Crippen molar-refractivity contribution in [3.63, 3.8) is 0 Å². The number of hydrogen-bond donors (Lipinski definition) is 1. The summed E-state index contributed by atoms with van der Waals surface area (Å²) in [4.78, 5) is 8.35. The maximum atomic E-state index is 4.25. The highest BCUT2D eigenvalue weighted by molar-refractivity contribution is 5.35. The Morgan fingerprint density at radius 2 is 2.00 bits per heavy atom. The molecular weight excluding hydrogens is 198 g/mol. The molecule has 1 aromatic heterocycles. The minimum Gasteiger partial charge on any atom is -0.367 e. The van der Waals surface area contributed by atoms with Crippen molar-refractivity contribution in [3.8, 4) is 0 Å². The second-order valence-corrected chi connectivity index (χ2v) is 4.32. The lowest BCUT2D eigenvalue weighted by Crippen LogP contribution is -2.20. The largest absolute Gasteiger partial charge is 0.367 e. The molecule has 1 heterocycles. The monoisotopic (exact) mass is 221 g/mol. The highest BCUT2D eigenvalue weighted by atomic mass is 15.0. The third kappa shape index (κ3) is 4.60. The zero-order valence-corrected chi connectivity index (χ0v) is 10.7. The molecule has 0 saturated carbocycles. The van der Waals surface area contributed by atoms with Crippen molar-refractivity contribution in [1.29, 1.82) is 0 Å². The Bertz CT molecular complexity index is 299. The van der Waals surface area contributed by atoms with Crippen molar-refractivity contribution in [3.05, 3.63) is 18.1 Å². The van der Waals surface area contributed by atoms with E-state index in [0.29, 0.717) is 6.04 Å². The van der Waals surface area contributed by atoms with Crippen LogP contribution in [0.15, 0.2) is 12.4 Å². The average molecular weight is 221 g/mol. The molecule has 0 aromatic carbocycles. The number of hydrogen-bond acceptors (Lipinski definition) is 3. The third-order valence-corrected chi connectivity index (χ3v) is 2.70. The molecule has 1 rings (SSSR count). The van der Waals surface area contributed by atoms with Gasteiger partial charge < -0.3 is 5.32 Å². The summed E-state index contributed by atoms with van der Waals surface area (Å²) < 4.78 is 0. The molecule has 1 atom stereocenters. The maximum absolute atomic E-state index is 4.25. The van der Waals surface area contributed by atoms with E-state index < -0.39 is 0 Å². The zero-order chi connectivity index (χ0) is 11.8. The Labute approximate surface area is 98.7 Å². The SMILES string of the molecule is CCCCC(CCC)Nc1cc(C)ncn1. The van der Waals surface area contributed by atoms with Gasteiger partial charge in [-0.3, -0.25) is 0 Å². The van der Waals surface area contributed by atoms with Gasteiger partial charge in [0.25, 0.3) is 0 Å². The van der Waals surface area contributed by atoms with E-state index in [9.17, 15) is 0 Å². The van der Waals surface area contributed by atoms with E-state index in [0.717, 1.165) is 11.5 Å². The second kappa shape index (κ2) is 7.20. The van der Waals surface area contributed by atoms with Gasteiger partial charge in [-0.25, -0.2) is 9.97 Å². The number of rotatable bonds is 7. The summed E-state index contributed by atoms with van der Waals surface area (Å²) in [6.07, 6.45) is 7.81. The van der Waals surface area contributed by atoms with Gasteiger partial charge in [0, 0.05) is 17.8 Å². The predicted molar refractivity (Wildman–Crippen MR) is 68.6 cm³/mol. The second-order valence-electron chi connectivity index (χ2n) is 4.32. The molecule has 90 valence electrons. The highest BCUT2D eigenvalue weighted by Gasteiger charge is 2.07. The van der Waals surface area contributed by atoms with Crippen LogP contribution in [0.25, 0.3) is 0 Å². The Balaban J connectivity index is 2.52. The van der Waals surface area contributed by atoms with Crippen molar-refractivity contribution >= 4 is 5.82 Å². The number of nitrogens with zero attached hydrogens (tertiary/aromatic N) is 2.